The van der Waals surface area contributed by atoms with Crippen LogP contribution in [0.1, 0.15) is 35.1 Å². The third kappa shape index (κ3) is 4.51. The van der Waals surface area contributed by atoms with Gasteiger partial charge in [0.05, 0.1) is 5.39 Å². The van der Waals surface area contributed by atoms with Crippen molar-refractivity contribution in [1.29, 1.82) is 0 Å². The van der Waals surface area contributed by atoms with Gasteiger partial charge >= 0.3 is 11.6 Å². The van der Waals surface area contributed by atoms with Crippen LogP contribution in [0, 0.1) is 6.92 Å². The number of H-pyrrole nitrogens is 1. The number of fused-ring (bicyclic) bond motifs is 4. The molecule has 8 heteroatoms. The Labute approximate surface area is 200 Å². The fraction of sp³-hybridized carbons (Fsp3) is 0.296. The number of amides is 1. The van der Waals surface area contributed by atoms with Crippen molar-refractivity contribution in [2.45, 2.75) is 45.1 Å². The summed E-state index contributed by atoms with van der Waals surface area (Å²) in [6.07, 6.45) is 5.20. The standard InChI is InChI=1S/C27H26N2O6/c1-15-10-22(25-18-7-2-3-8-19(18)27(33)35-23(25)11-15)34-14-24(30)29-21(26(31)32)12-16-13-28-20-9-5-4-6-17(16)20/h4-6,9-11,13,21,28H,2-3,7-8,12,14H2,1H3,(H,29,30)(H,31,32)/t21-/m0/s1. The van der Waals surface area contributed by atoms with E-state index in [1.165, 1.54) is 0 Å². The van der Waals surface area contributed by atoms with E-state index in [4.69, 9.17) is 9.15 Å². The van der Waals surface area contributed by atoms with Crippen LogP contribution >= 0.6 is 0 Å². The summed E-state index contributed by atoms with van der Waals surface area (Å²) in [5.74, 6) is -1.21. The molecule has 0 aliphatic heterocycles. The molecule has 0 saturated carbocycles. The second-order valence-corrected chi connectivity index (χ2v) is 9.00. The minimum Gasteiger partial charge on any atom is -0.483 e. The first kappa shape index (κ1) is 22.7. The van der Waals surface area contributed by atoms with Gasteiger partial charge in [0.25, 0.3) is 5.91 Å². The van der Waals surface area contributed by atoms with Gasteiger partial charge in [0, 0.05) is 29.1 Å². The smallest absolute Gasteiger partial charge is 0.339 e. The molecule has 1 amide bonds. The maximum absolute atomic E-state index is 12.7. The Morgan fingerprint density at radius 1 is 1.17 bits per heavy atom. The fourth-order valence-electron chi connectivity index (χ4n) is 4.88. The Kier molecular flexibility index (Phi) is 6.03. The number of aryl methyl sites for hydroxylation is 2. The van der Waals surface area contributed by atoms with E-state index in [-0.39, 0.29) is 18.7 Å². The van der Waals surface area contributed by atoms with Crippen molar-refractivity contribution in [2.75, 3.05) is 6.61 Å². The monoisotopic (exact) mass is 474 g/mol. The van der Waals surface area contributed by atoms with Crippen LogP contribution in [-0.2, 0) is 28.9 Å². The third-order valence-electron chi connectivity index (χ3n) is 6.52. The van der Waals surface area contributed by atoms with Crippen molar-refractivity contribution in [3.8, 4) is 5.75 Å². The molecule has 0 radical (unpaired) electrons. The van der Waals surface area contributed by atoms with Crippen LogP contribution in [0.2, 0.25) is 0 Å². The first-order valence-electron chi connectivity index (χ1n) is 11.7. The largest absolute Gasteiger partial charge is 0.483 e. The zero-order chi connectivity index (χ0) is 24.5. The molecule has 0 spiro atoms. The van der Waals surface area contributed by atoms with E-state index in [0.29, 0.717) is 28.7 Å². The van der Waals surface area contributed by atoms with Crippen molar-refractivity contribution >= 4 is 33.7 Å². The number of carbonyl (C=O) groups excluding carboxylic acids is 1. The lowest BCUT2D eigenvalue weighted by Crippen LogP contribution is -2.44. The van der Waals surface area contributed by atoms with E-state index in [9.17, 15) is 19.5 Å². The summed E-state index contributed by atoms with van der Waals surface area (Å²) < 4.78 is 11.4. The summed E-state index contributed by atoms with van der Waals surface area (Å²) in [6.45, 7) is 1.50. The molecule has 8 nitrogen and oxygen atoms in total. The van der Waals surface area contributed by atoms with Gasteiger partial charge in [-0.25, -0.2) is 9.59 Å². The molecule has 0 fully saturated rings. The Hall–Kier alpha value is -4.07. The summed E-state index contributed by atoms with van der Waals surface area (Å²) in [6, 6.07) is 10.1. The summed E-state index contributed by atoms with van der Waals surface area (Å²) in [5.41, 5.74) is 4.25. The van der Waals surface area contributed by atoms with Gasteiger partial charge in [0.2, 0.25) is 0 Å². The van der Waals surface area contributed by atoms with Gasteiger partial charge in [-0.05, 0) is 67.5 Å². The van der Waals surface area contributed by atoms with Crippen molar-refractivity contribution in [2.24, 2.45) is 0 Å². The average Bonchev–Trinajstić information content (AvgIpc) is 3.25. The minimum absolute atomic E-state index is 0.136. The normalized spacial score (nSPS) is 14.0. The number of ether oxygens (including phenoxy) is 1. The Bertz CT molecular complexity index is 1500. The quantitative estimate of drug-likeness (QED) is 0.352. The molecule has 180 valence electrons. The number of carbonyl (C=O) groups is 2. The van der Waals surface area contributed by atoms with E-state index >= 15 is 0 Å². The van der Waals surface area contributed by atoms with Gasteiger partial charge in [-0.3, -0.25) is 4.79 Å². The number of benzene rings is 2. The average molecular weight is 475 g/mol. The number of aromatic amines is 1. The lowest BCUT2D eigenvalue weighted by molar-refractivity contribution is -0.142. The maximum Gasteiger partial charge on any atom is 0.339 e. The first-order valence-corrected chi connectivity index (χ1v) is 11.7. The van der Waals surface area contributed by atoms with Crippen LogP contribution < -0.4 is 15.7 Å². The highest BCUT2D eigenvalue weighted by Crippen LogP contribution is 2.34. The Morgan fingerprint density at radius 2 is 1.94 bits per heavy atom. The molecule has 1 atom stereocenters. The molecular weight excluding hydrogens is 448 g/mol. The fourth-order valence-corrected chi connectivity index (χ4v) is 4.88. The van der Waals surface area contributed by atoms with Crippen molar-refractivity contribution in [3.63, 3.8) is 0 Å². The first-order chi connectivity index (χ1) is 16.9. The molecule has 35 heavy (non-hydrogen) atoms. The van der Waals surface area contributed by atoms with E-state index in [1.807, 2.05) is 37.3 Å². The number of aromatic nitrogens is 1. The topological polar surface area (TPSA) is 122 Å². The van der Waals surface area contributed by atoms with Crippen LogP contribution in [0.5, 0.6) is 5.75 Å². The molecule has 2 aromatic carbocycles. The highest BCUT2D eigenvalue weighted by molar-refractivity contribution is 5.90. The molecule has 3 N–H and O–H groups in total. The van der Waals surface area contributed by atoms with Gasteiger partial charge in [-0.15, -0.1) is 0 Å². The van der Waals surface area contributed by atoms with Crippen LogP contribution in [0.4, 0.5) is 0 Å². The number of hydrogen-bond donors (Lipinski definition) is 3. The molecule has 0 bridgehead atoms. The number of carboxylic acid groups (broad SMARTS) is 1. The summed E-state index contributed by atoms with van der Waals surface area (Å²) >= 11 is 0. The van der Waals surface area contributed by atoms with Crippen molar-refractivity contribution < 1.29 is 23.8 Å². The van der Waals surface area contributed by atoms with Gasteiger partial charge < -0.3 is 24.6 Å². The summed E-state index contributed by atoms with van der Waals surface area (Å²) in [5, 5.41) is 13.9. The highest BCUT2D eigenvalue weighted by Gasteiger charge is 2.24. The Morgan fingerprint density at radius 3 is 2.74 bits per heavy atom. The molecule has 5 rings (SSSR count). The molecule has 2 heterocycles. The second-order valence-electron chi connectivity index (χ2n) is 9.00. The summed E-state index contributed by atoms with van der Waals surface area (Å²) in [4.78, 5) is 40.1. The molecule has 2 aromatic heterocycles. The molecule has 0 saturated heterocycles. The van der Waals surface area contributed by atoms with Crippen molar-refractivity contribution in [3.05, 3.63) is 75.3 Å². The van der Waals surface area contributed by atoms with E-state index in [0.717, 1.165) is 46.9 Å². The molecule has 0 unspecified atom stereocenters. The van der Waals surface area contributed by atoms with Gasteiger partial charge in [-0.1, -0.05) is 18.2 Å². The third-order valence-corrected chi connectivity index (χ3v) is 6.52. The maximum atomic E-state index is 12.7. The molecular formula is C27H26N2O6. The van der Waals surface area contributed by atoms with Crippen LogP contribution in [-0.4, -0.2) is 34.6 Å². The van der Waals surface area contributed by atoms with Crippen molar-refractivity contribution in [1.82, 2.24) is 10.3 Å². The molecule has 1 aliphatic carbocycles. The number of carboxylic acids is 1. The Balaban J connectivity index is 1.35. The SMILES string of the molecule is Cc1cc(OCC(=O)N[C@@H](Cc2c[nH]c3ccccc23)C(=O)O)c2c3c(c(=O)oc2c1)CCCC3. The van der Waals surface area contributed by atoms with Gasteiger partial charge in [0.1, 0.15) is 17.4 Å². The molecule has 4 aromatic rings. The van der Waals surface area contributed by atoms with E-state index in [2.05, 4.69) is 10.3 Å². The number of rotatable bonds is 7. The molecule has 1 aliphatic rings. The second kappa shape index (κ2) is 9.29. The highest BCUT2D eigenvalue weighted by atomic mass is 16.5. The minimum atomic E-state index is -1.12. The predicted molar refractivity (Wildman–Crippen MR) is 131 cm³/mol. The summed E-state index contributed by atoms with van der Waals surface area (Å²) in [7, 11) is 0. The number of hydrogen-bond acceptors (Lipinski definition) is 5. The van der Waals surface area contributed by atoms with E-state index in [1.54, 1.807) is 12.3 Å². The zero-order valence-electron chi connectivity index (χ0n) is 19.3. The van der Waals surface area contributed by atoms with Crippen LogP contribution in [0.15, 0.2) is 51.8 Å². The van der Waals surface area contributed by atoms with E-state index < -0.39 is 17.9 Å². The van der Waals surface area contributed by atoms with Crippen LogP contribution in [0.25, 0.3) is 21.9 Å². The lowest BCUT2D eigenvalue weighted by atomic mass is 9.90. The number of para-hydroxylation sites is 1. The van der Waals surface area contributed by atoms with Gasteiger partial charge in [0.15, 0.2) is 6.61 Å². The zero-order valence-corrected chi connectivity index (χ0v) is 19.3. The lowest BCUT2D eigenvalue weighted by Gasteiger charge is -2.19. The number of aliphatic carboxylic acids is 1. The predicted octanol–water partition coefficient (Wildman–Crippen LogP) is 3.65. The van der Waals surface area contributed by atoms with Gasteiger partial charge in [-0.2, -0.15) is 0 Å². The number of nitrogens with one attached hydrogen (secondary N) is 2. The van der Waals surface area contributed by atoms with Crippen LogP contribution in [0.3, 0.4) is 0 Å².